The first-order valence-electron chi connectivity index (χ1n) is 11.6. The van der Waals surface area contributed by atoms with Crippen LogP contribution in [0, 0.1) is 0 Å². The molecule has 1 unspecified atom stereocenters. The van der Waals surface area contributed by atoms with Crippen LogP contribution in [0.15, 0.2) is 70.4 Å². The number of imidazole rings is 1. The van der Waals surface area contributed by atoms with Crippen LogP contribution in [0.1, 0.15) is 24.1 Å². The van der Waals surface area contributed by atoms with Crippen molar-refractivity contribution in [2.24, 2.45) is 5.73 Å². The fourth-order valence-corrected chi connectivity index (χ4v) is 5.57. The van der Waals surface area contributed by atoms with Gasteiger partial charge in [-0.15, -0.1) is 0 Å². The molecule has 5 heterocycles. The molecule has 0 radical (unpaired) electrons. The predicted octanol–water partition coefficient (Wildman–Crippen LogP) is 3.83. The first-order chi connectivity index (χ1) is 16.7. The van der Waals surface area contributed by atoms with Gasteiger partial charge in [0.05, 0.1) is 24.3 Å². The second-order valence-electron chi connectivity index (χ2n) is 8.94. The molecule has 7 nitrogen and oxygen atoms in total. The van der Waals surface area contributed by atoms with Gasteiger partial charge in [-0.05, 0) is 52.8 Å². The number of benzene rings is 1. The first-order valence-corrected chi connectivity index (χ1v) is 12.6. The number of hydrogen-bond acceptors (Lipinski definition) is 6. The molecular formula is C26H26N6OS. The van der Waals surface area contributed by atoms with Crippen LogP contribution in [0.5, 0.6) is 0 Å². The second-order valence-corrected chi connectivity index (χ2v) is 9.72. The lowest BCUT2D eigenvalue weighted by atomic mass is 10.1. The average molecular weight is 471 g/mol. The Kier molecular flexibility index (Phi) is 5.39. The smallest absolute Gasteiger partial charge is 0.277 e. The van der Waals surface area contributed by atoms with Crippen LogP contribution in [0.2, 0.25) is 0 Å². The van der Waals surface area contributed by atoms with Gasteiger partial charge in [0.15, 0.2) is 0 Å². The van der Waals surface area contributed by atoms with Crippen molar-refractivity contribution in [2.45, 2.75) is 32.0 Å². The number of aromatic nitrogens is 4. The number of pyridine rings is 2. The van der Waals surface area contributed by atoms with E-state index in [0.29, 0.717) is 18.6 Å². The van der Waals surface area contributed by atoms with E-state index >= 15 is 0 Å². The van der Waals surface area contributed by atoms with Crippen molar-refractivity contribution in [3.05, 3.63) is 87.2 Å². The summed E-state index contributed by atoms with van der Waals surface area (Å²) in [6.45, 7) is 2.66. The Balaban J connectivity index is 1.48. The van der Waals surface area contributed by atoms with Gasteiger partial charge in [0.2, 0.25) is 5.95 Å². The Morgan fingerprint density at radius 2 is 2.03 bits per heavy atom. The zero-order valence-corrected chi connectivity index (χ0v) is 19.6. The van der Waals surface area contributed by atoms with Crippen LogP contribution in [0.4, 0.5) is 5.95 Å². The van der Waals surface area contributed by atoms with Gasteiger partial charge in [0.1, 0.15) is 5.52 Å². The van der Waals surface area contributed by atoms with Crippen molar-refractivity contribution in [1.29, 1.82) is 0 Å². The summed E-state index contributed by atoms with van der Waals surface area (Å²) in [5.74, 6) is 0.828. The summed E-state index contributed by atoms with van der Waals surface area (Å²) < 4.78 is 3.82. The van der Waals surface area contributed by atoms with E-state index in [-0.39, 0.29) is 11.6 Å². The standard InChI is InChI=1S/C26H26N6OS/c27-20-5-3-11-31(15-20)26-29-22-8-12-30(16-23-21-6-2-1-4-19(21)7-10-28-23)25(33)24(22)32(26)14-18-9-13-34-17-18/h1-2,4,6-10,12-13,17,20H,3,5,11,14-16,27H2. The van der Waals surface area contributed by atoms with Crippen LogP contribution < -0.4 is 16.2 Å². The van der Waals surface area contributed by atoms with E-state index in [1.807, 2.05) is 30.5 Å². The normalized spacial score (nSPS) is 16.5. The van der Waals surface area contributed by atoms with Crippen LogP contribution >= 0.6 is 11.3 Å². The molecule has 0 bridgehead atoms. The highest BCUT2D eigenvalue weighted by molar-refractivity contribution is 7.07. The third kappa shape index (κ3) is 3.78. The molecule has 1 saturated heterocycles. The summed E-state index contributed by atoms with van der Waals surface area (Å²) in [5, 5.41) is 6.37. The molecule has 0 amide bonds. The average Bonchev–Trinajstić information content (AvgIpc) is 3.50. The van der Waals surface area contributed by atoms with Gasteiger partial charge in [0.25, 0.3) is 5.56 Å². The molecule has 1 aliphatic rings. The molecule has 34 heavy (non-hydrogen) atoms. The van der Waals surface area contributed by atoms with Gasteiger partial charge in [-0.2, -0.15) is 11.3 Å². The maximum Gasteiger partial charge on any atom is 0.277 e. The van der Waals surface area contributed by atoms with Gasteiger partial charge < -0.3 is 19.8 Å². The van der Waals surface area contributed by atoms with Crippen LogP contribution in [0.25, 0.3) is 21.8 Å². The molecule has 0 aliphatic carbocycles. The number of piperidine rings is 1. The molecule has 1 aromatic carbocycles. The Hall–Kier alpha value is -3.49. The lowest BCUT2D eigenvalue weighted by molar-refractivity contribution is 0.495. The Labute approximate surface area is 201 Å². The van der Waals surface area contributed by atoms with Gasteiger partial charge in [-0.3, -0.25) is 9.78 Å². The maximum absolute atomic E-state index is 13.8. The number of hydrogen-bond donors (Lipinski definition) is 1. The highest BCUT2D eigenvalue weighted by atomic mass is 32.1. The fraction of sp³-hybridized carbons (Fsp3) is 0.269. The molecule has 0 spiro atoms. The molecule has 6 rings (SSSR count). The van der Waals surface area contributed by atoms with Gasteiger partial charge in [0, 0.05) is 36.9 Å². The number of rotatable bonds is 5. The zero-order chi connectivity index (χ0) is 23.1. The summed E-state index contributed by atoms with van der Waals surface area (Å²) >= 11 is 1.66. The molecule has 5 aromatic rings. The Bertz CT molecular complexity index is 1510. The molecule has 0 saturated carbocycles. The minimum atomic E-state index is -0.0532. The Morgan fingerprint density at radius 1 is 1.12 bits per heavy atom. The zero-order valence-electron chi connectivity index (χ0n) is 18.8. The SMILES string of the molecule is NC1CCCN(c2nc3ccn(Cc4nccc5ccccc45)c(=O)c3n2Cc2ccsc2)C1. The predicted molar refractivity (Wildman–Crippen MR) is 138 cm³/mol. The van der Waals surface area contributed by atoms with E-state index in [1.54, 1.807) is 22.1 Å². The number of thiophene rings is 1. The summed E-state index contributed by atoms with van der Waals surface area (Å²) in [6, 6.07) is 14.3. The fourth-order valence-electron chi connectivity index (χ4n) is 4.91. The molecular weight excluding hydrogens is 444 g/mol. The lowest BCUT2D eigenvalue weighted by Gasteiger charge is -2.31. The van der Waals surface area contributed by atoms with Crippen molar-refractivity contribution in [3.8, 4) is 0 Å². The third-order valence-electron chi connectivity index (χ3n) is 6.59. The van der Waals surface area contributed by atoms with Crippen molar-refractivity contribution in [2.75, 3.05) is 18.0 Å². The summed E-state index contributed by atoms with van der Waals surface area (Å²) in [5.41, 5.74) is 9.62. The highest BCUT2D eigenvalue weighted by Crippen LogP contribution is 2.25. The topological polar surface area (TPSA) is 82.0 Å². The van der Waals surface area contributed by atoms with Gasteiger partial charge in [-0.1, -0.05) is 24.3 Å². The molecule has 1 atom stereocenters. The van der Waals surface area contributed by atoms with Crippen LogP contribution in [-0.4, -0.2) is 38.2 Å². The van der Waals surface area contributed by atoms with Crippen molar-refractivity contribution < 1.29 is 0 Å². The molecule has 2 N–H and O–H groups in total. The van der Waals surface area contributed by atoms with Crippen molar-refractivity contribution in [1.82, 2.24) is 19.1 Å². The molecule has 172 valence electrons. The minimum Gasteiger partial charge on any atom is -0.341 e. The third-order valence-corrected chi connectivity index (χ3v) is 7.32. The summed E-state index contributed by atoms with van der Waals surface area (Å²) in [6.07, 6.45) is 5.69. The largest absolute Gasteiger partial charge is 0.341 e. The number of nitrogens with zero attached hydrogens (tertiary/aromatic N) is 5. The quantitative estimate of drug-likeness (QED) is 0.422. The molecule has 4 aromatic heterocycles. The molecule has 8 heteroatoms. The highest BCUT2D eigenvalue weighted by Gasteiger charge is 2.24. The van der Waals surface area contributed by atoms with Crippen LogP contribution in [-0.2, 0) is 13.1 Å². The van der Waals surface area contributed by atoms with E-state index in [4.69, 9.17) is 10.7 Å². The Morgan fingerprint density at radius 3 is 2.88 bits per heavy atom. The minimum absolute atomic E-state index is 0.0532. The van der Waals surface area contributed by atoms with Gasteiger partial charge >= 0.3 is 0 Å². The van der Waals surface area contributed by atoms with E-state index in [2.05, 4.69) is 43.4 Å². The molecule has 1 fully saturated rings. The molecule has 1 aliphatic heterocycles. The summed E-state index contributed by atoms with van der Waals surface area (Å²) in [4.78, 5) is 25.6. The number of fused-ring (bicyclic) bond motifs is 2. The first kappa shape index (κ1) is 21.1. The van der Waals surface area contributed by atoms with Crippen molar-refractivity contribution >= 4 is 39.1 Å². The lowest BCUT2D eigenvalue weighted by Crippen LogP contribution is -2.44. The number of nitrogens with two attached hydrogens (primary N) is 1. The second kappa shape index (κ2) is 8.70. The monoisotopic (exact) mass is 470 g/mol. The number of anilines is 1. The van der Waals surface area contributed by atoms with E-state index < -0.39 is 0 Å². The maximum atomic E-state index is 13.8. The summed E-state index contributed by atoms with van der Waals surface area (Å²) in [7, 11) is 0. The van der Waals surface area contributed by atoms with E-state index in [9.17, 15) is 4.79 Å². The van der Waals surface area contributed by atoms with E-state index in [0.717, 1.165) is 59.4 Å². The van der Waals surface area contributed by atoms with E-state index in [1.165, 1.54) is 0 Å². The van der Waals surface area contributed by atoms with Crippen molar-refractivity contribution in [3.63, 3.8) is 0 Å². The van der Waals surface area contributed by atoms with Crippen LogP contribution in [0.3, 0.4) is 0 Å². The van der Waals surface area contributed by atoms with Gasteiger partial charge in [-0.25, -0.2) is 4.98 Å².